The highest BCUT2D eigenvalue weighted by Crippen LogP contribution is 2.41. The van der Waals surface area contributed by atoms with Gasteiger partial charge in [-0.3, -0.25) is 10.1 Å². The van der Waals surface area contributed by atoms with Crippen molar-refractivity contribution in [1.82, 2.24) is 10.1 Å². The highest BCUT2D eigenvalue weighted by atomic mass is 35.5. The summed E-state index contributed by atoms with van der Waals surface area (Å²) in [6.07, 6.45) is 3.48. The second-order valence-electron chi connectivity index (χ2n) is 6.40. The fourth-order valence-corrected chi connectivity index (χ4v) is 3.14. The largest absolute Gasteiger partial charge is 0.493 e. The van der Waals surface area contributed by atoms with Gasteiger partial charge in [0.05, 0.1) is 30.2 Å². The van der Waals surface area contributed by atoms with Gasteiger partial charge in [-0.05, 0) is 12.8 Å². The SMILES string of the molecule is COCCOc1cc([N+](=O)[O-])c(-c2nc(C3(N)CCCC3)no2)cc1OC.Cl. The van der Waals surface area contributed by atoms with Crippen LogP contribution in [0.5, 0.6) is 11.5 Å². The molecule has 10 nitrogen and oxygen atoms in total. The third-order valence-electron chi connectivity index (χ3n) is 4.62. The lowest BCUT2D eigenvalue weighted by molar-refractivity contribution is -0.384. The number of aromatic nitrogens is 2. The van der Waals surface area contributed by atoms with E-state index in [1.165, 1.54) is 26.4 Å². The molecule has 0 atom stereocenters. The number of nitrogens with two attached hydrogens (primary N) is 1. The number of nitro groups is 1. The number of halogens is 1. The minimum atomic E-state index is -0.649. The molecule has 0 aliphatic heterocycles. The molecule has 1 aromatic carbocycles. The van der Waals surface area contributed by atoms with Crippen molar-refractivity contribution in [3.05, 3.63) is 28.1 Å². The Kier molecular flexibility index (Phi) is 7.17. The van der Waals surface area contributed by atoms with E-state index in [9.17, 15) is 10.1 Å². The second kappa shape index (κ2) is 9.18. The van der Waals surface area contributed by atoms with E-state index in [-0.39, 0.29) is 41.9 Å². The van der Waals surface area contributed by atoms with E-state index in [0.717, 1.165) is 25.7 Å². The summed E-state index contributed by atoms with van der Waals surface area (Å²) in [6.45, 7) is 0.564. The maximum absolute atomic E-state index is 11.6. The zero-order chi connectivity index (χ0) is 19.4. The molecule has 1 aromatic heterocycles. The zero-order valence-electron chi connectivity index (χ0n) is 15.7. The quantitative estimate of drug-likeness (QED) is 0.392. The van der Waals surface area contributed by atoms with Gasteiger partial charge in [0, 0.05) is 13.2 Å². The van der Waals surface area contributed by atoms with Crippen LogP contribution in [0, 0.1) is 10.1 Å². The van der Waals surface area contributed by atoms with Crippen molar-refractivity contribution in [1.29, 1.82) is 0 Å². The summed E-state index contributed by atoms with van der Waals surface area (Å²) in [5.41, 5.74) is 5.62. The Bertz CT molecular complexity index is 822. The van der Waals surface area contributed by atoms with E-state index < -0.39 is 10.5 Å². The van der Waals surface area contributed by atoms with E-state index in [2.05, 4.69) is 10.1 Å². The topological polar surface area (TPSA) is 136 Å². The Labute approximate surface area is 167 Å². The molecule has 0 amide bonds. The van der Waals surface area contributed by atoms with E-state index in [4.69, 9.17) is 24.5 Å². The van der Waals surface area contributed by atoms with Crippen molar-refractivity contribution in [3.63, 3.8) is 0 Å². The molecular formula is C17H23ClN4O6. The van der Waals surface area contributed by atoms with Gasteiger partial charge in [0.1, 0.15) is 12.2 Å². The standard InChI is InChI=1S/C17H22N4O6.ClH/c1-24-7-8-26-14-10-12(21(22)23)11(9-13(14)25-2)15-19-16(20-27-15)17(18)5-3-4-6-17;/h9-10H,3-8,18H2,1-2H3;1H. The van der Waals surface area contributed by atoms with Crippen LogP contribution in [-0.4, -0.2) is 42.5 Å². The van der Waals surface area contributed by atoms with E-state index in [1.807, 2.05) is 0 Å². The van der Waals surface area contributed by atoms with Crippen LogP contribution in [0.4, 0.5) is 5.69 Å². The van der Waals surface area contributed by atoms with Crippen LogP contribution < -0.4 is 15.2 Å². The Balaban J connectivity index is 0.00000280. The molecule has 0 unspecified atom stereocenters. The molecule has 28 heavy (non-hydrogen) atoms. The van der Waals surface area contributed by atoms with Crippen molar-refractivity contribution >= 4 is 18.1 Å². The van der Waals surface area contributed by atoms with E-state index >= 15 is 0 Å². The first-order valence-electron chi connectivity index (χ1n) is 8.60. The Morgan fingerprint density at radius 2 is 1.96 bits per heavy atom. The lowest BCUT2D eigenvalue weighted by Gasteiger charge is -2.17. The summed E-state index contributed by atoms with van der Waals surface area (Å²) < 4.78 is 21.0. The first kappa shape index (κ1) is 21.9. The lowest BCUT2D eigenvalue weighted by atomic mass is 9.98. The van der Waals surface area contributed by atoms with E-state index in [0.29, 0.717) is 18.2 Å². The summed E-state index contributed by atoms with van der Waals surface area (Å²) in [7, 11) is 2.98. The van der Waals surface area contributed by atoms with Gasteiger partial charge in [-0.15, -0.1) is 12.4 Å². The van der Waals surface area contributed by atoms with Gasteiger partial charge < -0.3 is 24.5 Å². The fourth-order valence-electron chi connectivity index (χ4n) is 3.14. The van der Waals surface area contributed by atoms with Crippen LogP contribution in [0.1, 0.15) is 31.5 Å². The molecule has 0 spiro atoms. The molecule has 1 heterocycles. The number of ether oxygens (including phenoxy) is 3. The molecule has 1 aliphatic rings. The van der Waals surface area contributed by atoms with Crippen LogP contribution in [-0.2, 0) is 10.3 Å². The molecule has 1 saturated carbocycles. The molecule has 1 aliphatic carbocycles. The molecule has 0 saturated heterocycles. The number of nitro benzene ring substituents is 1. The van der Waals surface area contributed by atoms with Crippen molar-refractivity contribution in [2.45, 2.75) is 31.2 Å². The Hall–Kier alpha value is -2.43. The number of rotatable bonds is 8. The minimum absolute atomic E-state index is 0. The smallest absolute Gasteiger partial charge is 0.286 e. The Morgan fingerprint density at radius 1 is 1.25 bits per heavy atom. The maximum atomic E-state index is 11.6. The highest BCUT2D eigenvalue weighted by Gasteiger charge is 2.37. The average molecular weight is 415 g/mol. The lowest BCUT2D eigenvalue weighted by Crippen LogP contribution is -2.34. The van der Waals surface area contributed by atoms with E-state index in [1.54, 1.807) is 0 Å². The van der Waals surface area contributed by atoms with Crippen molar-refractivity contribution < 1.29 is 23.7 Å². The van der Waals surface area contributed by atoms with Crippen molar-refractivity contribution in [2.24, 2.45) is 5.73 Å². The van der Waals surface area contributed by atoms with Crippen molar-refractivity contribution in [2.75, 3.05) is 27.4 Å². The molecule has 3 rings (SSSR count). The molecule has 154 valence electrons. The maximum Gasteiger partial charge on any atom is 0.286 e. The minimum Gasteiger partial charge on any atom is -0.493 e. The summed E-state index contributed by atoms with van der Waals surface area (Å²) in [5.74, 6) is 0.935. The van der Waals surface area contributed by atoms with Crippen LogP contribution in [0.15, 0.2) is 16.7 Å². The van der Waals surface area contributed by atoms with Gasteiger partial charge >= 0.3 is 0 Å². The normalized spacial score (nSPS) is 15.1. The second-order valence-corrected chi connectivity index (χ2v) is 6.40. The number of nitrogens with zero attached hydrogens (tertiary/aromatic N) is 3. The Morgan fingerprint density at radius 3 is 2.57 bits per heavy atom. The molecule has 0 bridgehead atoms. The fraction of sp³-hybridized carbons (Fsp3) is 0.529. The summed E-state index contributed by atoms with van der Waals surface area (Å²) in [4.78, 5) is 15.4. The molecule has 2 N–H and O–H groups in total. The monoisotopic (exact) mass is 414 g/mol. The summed E-state index contributed by atoms with van der Waals surface area (Å²) in [5, 5.41) is 15.5. The number of hydrogen-bond donors (Lipinski definition) is 1. The average Bonchev–Trinajstić information content (AvgIpc) is 3.31. The van der Waals surface area contributed by atoms with Crippen LogP contribution in [0.3, 0.4) is 0 Å². The van der Waals surface area contributed by atoms with Gasteiger partial charge in [-0.25, -0.2) is 0 Å². The summed E-state index contributed by atoms with van der Waals surface area (Å²) >= 11 is 0. The predicted octanol–water partition coefficient (Wildman–Crippen LogP) is 2.83. The first-order chi connectivity index (χ1) is 13.0. The molecule has 1 fully saturated rings. The first-order valence-corrected chi connectivity index (χ1v) is 8.60. The molecule has 11 heteroatoms. The number of hydrogen-bond acceptors (Lipinski definition) is 9. The van der Waals surface area contributed by atoms with Gasteiger partial charge in [0.15, 0.2) is 17.3 Å². The zero-order valence-corrected chi connectivity index (χ0v) is 16.5. The molecular weight excluding hydrogens is 392 g/mol. The van der Waals surface area contributed by atoms with Crippen molar-refractivity contribution in [3.8, 4) is 23.0 Å². The van der Waals surface area contributed by atoms with Gasteiger partial charge in [-0.1, -0.05) is 18.0 Å². The predicted molar refractivity (Wildman–Crippen MR) is 102 cm³/mol. The summed E-state index contributed by atoms with van der Waals surface area (Å²) in [6, 6.07) is 2.73. The number of methoxy groups -OCH3 is 2. The molecule has 2 aromatic rings. The van der Waals surface area contributed by atoms with Gasteiger partial charge in [0.25, 0.3) is 11.6 Å². The highest BCUT2D eigenvalue weighted by molar-refractivity contribution is 5.85. The number of benzene rings is 1. The van der Waals surface area contributed by atoms with Crippen LogP contribution in [0.25, 0.3) is 11.5 Å². The van der Waals surface area contributed by atoms with Crippen LogP contribution >= 0.6 is 12.4 Å². The molecule has 0 radical (unpaired) electrons. The third kappa shape index (κ3) is 4.34. The van der Waals surface area contributed by atoms with Gasteiger partial charge in [-0.2, -0.15) is 4.98 Å². The van der Waals surface area contributed by atoms with Crippen LogP contribution in [0.2, 0.25) is 0 Å². The third-order valence-corrected chi connectivity index (χ3v) is 4.62. The van der Waals surface area contributed by atoms with Gasteiger partial charge in [0.2, 0.25) is 0 Å².